The predicted octanol–water partition coefficient (Wildman–Crippen LogP) is 4.72. The van der Waals surface area contributed by atoms with Gasteiger partial charge in [-0.1, -0.05) is 19.0 Å². The number of nitrogens with zero attached hydrogens (tertiary/aromatic N) is 3. The maximum atomic E-state index is 13.4. The molecule has 5 nitrogen and oxygen atoms in total. The van der Waals surface area contributed by atoms with E-state index >= 15 is 0 Å². The molecule has 1 saturated carbocycles. The minimum absolute atomic E-state index is 0.0650. The van der Waals surface area contributed by atoms with E-state index in [0.29, 0.717) is 24.0 Å². The van der Waals surface area contributed by atoms with E-state index in [9.17, 15) is 9.18 Å². The highest BCUT2D eigenvalue weighted by Crippen LogP contribution is 2.35. The van der Waals surface area contributed by atoms with Crippen molar-refractivity contribution in [1.29, 1.82) is 0 Å². The van der Waals surface area contributed by atoms with Crippen LogP contribution in [0.4, 0.5) is 10.3 Å². The topological polar surface area (TPSA) is 49.6 Å². The number of amides is 1. The zero-order valence-electron chi connectivity index (χ0n) is 17.2. The van der Waals surface area contributed by atoms with Crippen LogP contribution in [0.25, 0.3) is 11.3 Å². The number of hydrogen-bond donors (Lipinski definition) is 0. The average molecular weight is 387 g/mol. The highest BCUT2D eigenvalue weighted by molar-refractivity contribution is 5.79. The molecule has 1 aromatic carbocycles. The Balaban J connectivity index is 2.00. The fourth-order valence-corrected chi connectivity index (χ4v) is 3.44. The lowest BCUT2D eigenvalue weighted by Crippen LogP contribution is -2.36. The molecule has 6 heteroatoms. The van der Waals surface area contributed by atoms with Gasteiger partial charge in [0.25, 0.3) is 0 Å². The minimum atomic E-state index is -0.289. The molecule has 2 aromatic rings. The summed E-state index contributed by atoms with van der Waals surface area (Å²) in [5.74, 6) is 1.08. The van der Waals surface area contributed by atoms with Gasteiger partial charge in [0.15, 0.2) is 0 Å². The van der Waals surface area contributed by atoms with Crippen molar-refractivity contribution < 1.29 is 13.7 Å². The number of hydrogen-bond acceptors (Lipinski definition) is 4. The van der Waals surface area contributed by atoms with Crippen LogP contribution in [-0.4, -0.2) is 35.6 Å². The molecule has 28 heavy (non-hydrogen) atoms. The number of benzene rings is 1. The number of rotatable bonds is 9. The predicted molar refractivity (Wildman–Crippen MR) is 108 cm³/mol. The second-order valence-electron chi connectivity index (χ2n) is 7.81. The molecule has 0 spiro atoms. The van der Waals surface area contributed by atoms with E-state index in [2.05, 4.69) is 23.9 Å². The second kappa shape index (κ2) is 8.76. The Labute approximate surface area is 166 Å². The molecule has 0 N–H and O–H groups in total. The molecule has 1 fully saturated rings. The Kier molecular flexibility index (Phi) is 6.37. The van der Waals surface area contributed by atoms with Gasteiger partial charge in [-0.05, 0) is 56.9 Å². The van der Waals surface area contributed by atoms with Gasteiger partial charge in [-0.15, -0.1) is 0 Å². The van der Waals surface area contributed by atoms with Gasteiger partial charge in [-0.2, -0.15) is 0 Å². The molecular weight excluding hydrogens is 357 g/mol. The summed E-state index contributed by atoms with van der Waals surface area (Å²) >= 11 is 0. The molecule has 0 atom stereocenters. The monoisotopic (exact) mass is 387 g/mol. The van der Waals surface area contributed by atoms with Crippen LogP contribution in [0.5, 0.6) is 0 Å². The lowest BCUT2D eigenvalue weighted by atomic mass is 10.1. The van der Waals surface area contributed by atoms with Crippen LogP contribution in [0, 0.1) is 17.7 Å². The summed E-state index contributed by atoms with van der Waals surface area (Å²) in [5.41, 5.74) is 2.37. The number of anilines is 1. The molecular formula is C22H30FN3O2. The average Bonchev–Trinajstić information content (AvgIpc) is 3.41. The first kappa shape index (κ1) is 20.4. The van der Waals surface area contributed by atoms with Gasteiger partial charge < -0.3 is 14.3 Å². The third-order valence-electron chi connectivity index (χ3n) is 5.27. The molecule has 152 valence electrons. The van der Waals surface area contributed by atoms with Gasteiger partial charge in [0.1, 0.15) is 11.5 Å². The minimum Gasteiger partial charge on any atom is -0.341 e. The van der Waals surface area contributed by atoms with Crippen molar-refractivity contribution in [3.05, 3.63) is 35.6 Å². The van der Waals surface area contributed by atoms with Crippen molar-refractivity contribution in [2.45, 2.75) is 47.1 Å². The smallest absolute Gasteiger partial charge is 0.232 e. The van der Waals surface area contributed by atoms with Crippen molar-refractivity contribution in [2.75, 3.05) is 24.5 Å². The highest BCUT2D eigenvalue weighted by atomic mass is 19.1. The summed E-state index contributed by atoms with van der Waals surface area (Å²) in [6.07, 6.45) is 2.36. The van der Waals surface area contributed by atoms with Crippen LogP contribution in [0.15, 0.2) is 28.8 Å². The summed E-state index contributed by atoms with van der Waals surface area (Å²) in [6, 6.07) is 6.26. The van der Waals surface area contributed by atoms with E-state index in [0.717, 1.165) is 30.8 Å². The molecule has 3 rings (SSSR count). The van der Waals surface area contributed by atoms with Gasteiger partial charge in [-0.3, -0.25) is 4.79 Å². The number of halogens is 1. The van der Waals surface area contributed by atoms with Gasteiger partial charge in [0, 0.05) is 31.1 Å². The summed E-state index contributed by atoms with van der Waals surface area (Å²) in [4.78, 5) is 16.9. The maximum absolute atomic E-state index is 13.4. The molecule has 1 aliphatic carbocycles. The van der Waals surface area contributed by atoms with E-state index in [1.165, 1.54) is 25.0 Å². The maximum Gasteiger partial charge on any atom is 0.232 e. The largest absolute Gasteiger partial charge is 0.341 e. The summed E-state index contributed by atoms with van der Waals surface area (Å²) in [5, 5.41) is 4.31. The molecule has 1 aliphatic rings. The fraction of sp³-hybridized carbons (Fsp3) is 0.545. The van der Waals surface area contributed by atoms with Crippen molar-refractivity contribution in [2.24, 2.45) is 11.8 Å². The molecule has 0 bridgehead atoms. The molecule has 0 saturated heterocycles. The van der Waals surface area contributed by atoms with Crippen LogP contribution in [0.2, 0.25) is 0 Å². The fourth-order valence-electron chi connectivity index (χ4n) is 3.44. The SMILES string of the molecule is CCN(CC)c1onc(-c2ccc(F)cc2)c1CN(CC1CC1)C(=O)C(C)C. The van der Waals surface area contributed by atoms with Crippen LogP contribution in [0.3, 0.4) is 0 Å². The van der Waals surface area contributed by atoms with E-state index in [-0.39, 0.29) is 17.6 Å². The number of aromatic nitrogens is 1. The number of carbonyl (C=O) groups is 1. The van der Waals surface area contributed by atoms with Gasteiger partial charge >= 0.3 is 0 Å². The van der Waals surface area contributed by atoms with Crippen molar-refractivity contribution >= 4 is 11.8 Å². The Morgan fingerprint density at radius 1 is 1.21 bits per heavy atom. The summed E-state index contributed by atoms with van der Waals surface area (Å²) in [6.45, 7) is 10.8. The molecule has 0 radical (unpaired) electrons. The van der Waals surface area contributed by atoms with E-state index in [4.69, 9.17) is 4.52 Å². The summed E-state index contributed by atoms with van der Waals surface area (Å²) in [7, 11) is 0. The van der Waals surface area contributed by atoms with Crippen LogP contribution < -0.4 is 4.90 Å². The van der Waals surface area contributed by atoms with Gasteiger partial charge in [0.05, 0.1) is 12.1 Å². The zero-order valence-corrected chi connectivity index (χ0v) is 17.2. The Hall–Kier alpha value is -2.37. The molecule has 1 heterocycles. The molecule has 1 aromatic heterocycles. The third kappa shape index (κ3) is 4.54. The lowest BCUT2D eigenvalue weighted by molar-refractivity contribution is -0.135. The van der Waals surface area contributed by atoms with E-state index < -0.39 is 0 Å². The number of carbonyl (C=O) groups excluding carboxylic acids is 1. The highest BCUT2D eigenvalue weighted by Gasteiger charge is 2.31. The Morgan fingerprint density at radius 3 is 2.39 bits per heavy atom. The van der Waals surface area contributed by atoms with Crippen LogP contribution >= 0.6 is 0 Å². The van der Waals surface area contributed by atoms with Gasteiger partial charge in [-0.25, -0.2) is 4.39 Å². The lowest BCUT2D eigenvalue weighted by Gasteiger charge is -2.26. The molecule has 0 unspecified atom stereocenters. The van der Waals surface area contributed by atoms with Crippen LogP contribution in [-0.2, 0) is 11.3 Å². The van der Waals surface area contributed by atoms with Crippen LogP contribution in [0.1, 0.15) is 46.1 Å². The van der Waals surface area contributed by atoms with Crippen molar-refractivity contribution in [1.82, 2.24) is 10.1 Å². The Bertz CT molecular complexity index is 793. The molecule has 0 aliphatic heterocycles. The molecule has 1 amide bonds. The van der Waals surface area contributed by atoms with E-state index in [1.807, 2.05) is 18.7 Å². The van der Waals surface area contributed by atoms with Crippen molar-refractivity contribution in [3.63, 3.8) is 0 Å². The Morgan fingerprint density at radius 2 is 1.86 bits per heavy atom. The standard InChI is InChI=1S/C22H30FN3O2/c1-5-25(6-2)22-19(14-26(13-16-7-8-16)21(27)15(3)4)20(24-28-22)17-9-11-18(23)12-10-17/h9-12,15-16H,5-8,13-14H2,1-4H3. The van der Waals surface area contributed by atoms with Crippen molar-refractivity contribution in [3.8, 4) is 11.3 Å². The van der Waals surface area contributed by atoms with Gasteiger partial charge in [0.2, 0.25) is 11.8 Å². The summed E-state index contributed by atoms with van der Waals surface area (Å²) < 4.78 is 19.1. The first-order valence-corrected chi connectivity index (χ1v) is 10.2. The first-order chi connectivity index (χ1) is 13.4. The first-order valence-electron chi connectivity index (χ1n) is 10.2. The normalized spacial score (nSPS) is 13.8. The zero-order chi connectivity index (χ0) is 20.3. The third-order valence-corrected chi connectivity index (χ3v) is 5.27. The quantitative estimate of drug-likeness (QED) is 0.625. The van der Waals surface area contributed by atoms with E-state index in [1.54, 1.807) is 12.1 Å². The second-order valence-corrected chi connectivity index (χ2v) is 7.81.